The number of carbonyl (C=O) groups excluding carboxylic acids is 1. The average molecular weight is 387 g/mol. The number of hydrogen-bond donors (Lipinski definition) is 1. The van der Waals surface area contributed by atoms with Crippen LogP contribution in [0.1, 0.15) is 10.6 Å². The van der Waals surface area contributed by atoms with Gasteiger partial charge in [-0.1, -0.05) is 59.0 Å². The predicted octanol–water partition coefficient (Wildman–Crippen LogP) is 3.33. The minimum atomic E-state index is -0.156. The molecule has 1 N–H and O–H groups in total. The van der Waals surface area contributed by atoms with E-state index >= 15 is 0 Å². The Morgan fingerprint density at radius 1 is 1.23 bits per heavy atom. The predicted molar refractivity (Wildman–Crippen MR) is 104 cm³/mol. The zero-order valence-corrected chi connectivity index (χ0v) is 16.1. The normalized spacial score (nSPS) is 10.7. The topological polar surface area (TPSA) is 85.6 Å². The molecular weight excluding hydrogens is 368 g/mol. The Hall–Kier alpha value is -2.52. The lowest BCUT2D eigenvalue weighted by Crippen LogP contribution is -2.14. The summed E-state index contributed by atoms with van der Waals surface area (Å²) in [7, 11) is 0. The molecule has 7 nitrogen and oxygen atoms in total. The van der Waals surface area contributed by atoms with Crippen molar-refractivity contribution in [1.29, 1.82) is 0 Å². The van der Waals surface area contributed by atoms with E-state index in [4.69, 9.17) is 0 Å². The summed E-state index contributed by atoms with van der Waals surface area (Å²) in [6, 6.07) is 8.09. The van der Waals surface area contributed by atoms with Crippen molar-refractivity contribution in [2.75, 3.05) is 11.1 Å². The Bertz CT molecular complexity index is 916. The van der Waals surface area contributed by atoms with Crippen molar-refractivity contribution in [1.82, 2.24) is 25.0 Å². The highest BCUT2D eigenvalue weighted by atomic mass is 32.2. The number of rotatable bonds is 7. The molecule has 0 saturated heterocycles. The lowest BCUT2D eigenvalue weighted by atomic mass is 10.1. The van der Waals surface area contributed by atoms with Gasteiger partial charge in [-0.3, -0.25) is 14.7 Å². The van der Waals surface area contributed by atoms with Crippen molar-refractivity contribution in [2.24, 2.45) is 0 Å². The number of benzene rings is 1. The summed E-state index contributed by atoms with van der Waals surface area (Å²) in [5.41, 5.74) is 2.16. The quantitative estimate of drug-likeness (QED) is 0.495. The summed E-state index contributed by atoms with van der Waals surface area (Å²) in [5.74, 6) is 0.811. The molecule has 0 aliphatic heterocycles. The first-order chi connectivity index (χ1) is 12.6. The van der Waals surface area contributed by atoms with Gasteiger partial charge in [0.05, 0.1) is 5.75 Å². The smallest absolute Gasteiger partial charge is 0.236 e. The van der Waals surface area contributed by atoms with Crippen LogP contribution in [0.5, 0.6) is 0 Å². The third-order valence-corrected chi connectivity index (χ3v) is 5.16. The summed E-state index contributed by atoms with van der Waals surface area (Å²) in [6.45, 7) is 8.24. The number of allylic oxidation sites excluding steroid dienone is 1. The standard InChI is InChI=1S/C17H18N6OS2/c1-4-9-23-15(13-7-5-11(2)6-8-13)20-22-17(23)25-10-14(24)18-16-21-19-12(3)26-16/h4-8H,1,9-10H2,2-3H3,(H,18,21,24). The molecule has 0 fully saturated rings. The van der Waals surface area contributed by atoms with Crippen molar-refractivity contribution < 1.29 is 4.79 Å². The maximum atomic E-state index is 12.1. The Morgan fingerprint density at radius 2 is 2.00 bits per heavy atom. The van der Waals surface area contributed by atoms with Gasteiger partial charge in [-0.25, -0.2) is 0 Å². The highest BCUT2D eigenvalue weighted by Gasteiger charge is 2.15. The fourth-order valence-corrected chi connectivity index (χ4v) is 3.59. The molecule has 3 rings (SSSR count). The van der Waals surface area contributed by atoms with Gasteiger partial charge in [-0.05, 0) is 13.8 Å². The molecule has 26 heavy (non-hydrogen) atoms. The van der Waals surface area contributed by atoms with E-state index < -0.39 is 0 Å². The van der Waals surface area contributed by atoms with Gasteiger partial charge in [0, 0.05) is 12.1 Å². The molecule has 0 saturated carbocycles. The maximum absolute atomic E-state index is 12.1. The van der Waals surface area contributed by atoms with E-state index in [1.807, 2.05) is 42.7 Å². The van der Waals surface area contributed by atoms with Crippen molar-refractivity contribution >= 4 is 34.1 Å². The van der Waals surface area contributed by atoms with Crippen LogP contribution in [-0.4, -0.2) is 36.6 Å². The first-order valence-corrected chi connectivity index (χ1v) is 9.71. The molecule has 1 aromatic carbocycles. The number of aryl methyl sites for hydroxylation is 2. The first-order valence-electron chi connectivity index (χ1n) is 7.90. The summed E-state index contributed by atoms with van der Waals surface area (Å²) >= 11 is 2.67. The van der Waals surface area contributed by atoms with Crippen LogP contribution in [0.4, 0.5) is 5.13 Å². The monoisotopic (exact) mass is 386 g/mol. The van der Waals surface area contributed by atoms with Gasteiger partial charge in [0.2, 0.25) is 11.0 Å². The van der Waals surface area contributed by atoms with Gasteiger partial charge in [-0.15, -0.1) is 27.0 Å². The molecule has 2 aromatic heterocycles. The zero-order chi connectivity index (χ0) is 18.5. The van der Waals surface area contributed by atoms with Crippen LogP contribution in [0.15, 0.2) is 42.1 Å². The van der Waals surface area contributed by atoms with Gasteiger partial charge in [0.25, 0.3) is 0 Å². The van der Waals surface area contributed by atoms with Crippen LogP contribution in [0, 0.1) is 13.8 Å². The Balaban J connectivity index is 1.72. The largest absolute Gasteiger partial charge is 0.300 e. The summed E-state index contributed by atoms with van der Waals surface area (Å²) in [4.78, 5) is 12.1. The number of aromatic nitrogens is 5. The second-order valence-corrected chi connectivity index (χ2v) is 7.66. The SMILES string of the molecule is C=CCn1c(SCC(=O)Nc2nnc(C)s2)nnc1-c1ccc(C)cc1. The molecule has 9 heteroatoms. The molecular formula is C17H18N6OS2. The molecule has 0 spiro atoms. The second-order valence-electron chi connectivity index (χ2n) is 5.53. The zero-order valence-electron chi connectivity index (χ0n) is 14.5. The second kappa shape index (κ2) is 8.24. The number of anilines is 1. The molecule has 0 radical (unpaired) electrons. The lowest BCUT2D eigenvalue weighted by Gasteiger charge is -2.08. The Kier molecular flexibility index (Phi) is 5.79. The molecule has 1 amide bonds. The maximum Gasteiger partial charge on any atom is 0.236 e. The number of hydrogen-bond acceptors (Lipinski definition) is 7. The fraction of sp³-hybridized carbons (Fsp3) is 0.235. The van der Waals surface area contributed by atoms with Crippen molar-refractivity contribution in [3.05, 3.63) is 47.5 Å². The van der Waals surface area contributed by atoms with Gasteiger partial charge in [0.1, 0.15) is 5.01 Å². The summed E-state index contributed by atoms with van der Waals surface area (Å²) < 4.78 is 1.95. The molecule has 0 aliphatic rings. The van der Waals surface area contributed by atoms with Crippen molar-refractivity contribution in [3.8, 4) is 11.4 Å². The summed E-state index contributed by atoms with van der Waals surface area (Å²) in [5, 5.41) is 21.0. The third-order valence-electron chi connectivity index (χ3n) is 3.44. The van der Waals surface area contributed by atoms with Crippen molar-refractivity contribution in [3.63, 3.8) is 0 Å². The minimum Gasteiger partial charge on any atom is -0.300 e. The Morgan fingerprint density at radius 3 is 2.65 bits per heavy atom. The molecule has 134 valence electrons. The number of carbonyl (C=O) groups is 1. The highest BCUT2D eigenvalue weighted by Crippen LogP contribution is 2.24. The van der Waals surface area contributed by atoms with Crippen LogP contribution in [0.25, 0.3) is 11.4 Å². The van der Waals surface area contributed by atoms with Crippen LogP contribution in [0.2, 0.25) is 0 Å². The third kappa shape index (κ3) is 4.36. The van der Waals surface area contributed by atoms with E-state index in [0.717, 1.165) is 16.4 Å². The van der Waals surface area contributed by atoms with Crippen LogP contribution < -0.4 is 5.32 Å². The van der Waals surface area contributed by atoms with E-state index in [1.54, 1.807) is 6.08 Å². The molecule has 0 unspecified atom stereocenters. The highest BCUT2D eigenvalue weighted by molar-refractivity contribution is 7.99. The van der Waals surface area contributed by atoms with Gasteiger partial charge in [0.15, 0.2) is 11.0 Å². The minimum absolute atomic E-state index is 0.156. The van der Waals surface area contributed by atoms with E-state index in [9.17, 15) is 4.79 Å². The molecule has 0 atom stereocenters. The number of nitrogens with one attached hydrogen (secondary N) is 1. The average Bonchev–Trinajstić information content (AvgIpc) is 3.20. The van der Waals surface area contributed by atoms with Gasteiger partial charge in [-0.2, -0.15) is 0 Å². The van der Waals surface area contributed by atoms with Crippen LogP contribution in [-0.2, 0) is 11.3 Å². The van der Waals surface area contributed by atoms with E-state index in [0.29, 0.717) is 16.8 Å². The van der Waals surface area contributed by atoms with Crippen molar-refractivity contribution in [2.45, 2.75) is 25.5 Å². The number of thioether (sulfide) groups is 1. The number of nitrogens with zero attached hydrogens (tertiary/aromatic N) is 5. The molecule has 0 bridgehead atoms. The molecule has 0 aliphatic carbocycles. The first kappa shape index (κ1) is 18.3. The fourth-order valence-electron chi connectivity index (χ4n) is 2.24. The number of amides is 1. The Labute approximate surface area is 159 Å². The van der Waals surface area contributed by atoms with Crippen LogP contribution in [0.3, 0.4) is 0 Å². The van der Waals surface area contributed by atoms with E-state index in [2.05, 4.69) is 32.3 Å². The van der Waals surface area contributed by atoms with Gasteiger partial charge >= 0.3 is 0 Å². The van der Waals surface area contributed by atoms with E-state index in [1.165, 1.54) is 28.7 Å². The van der Waals surface area contributed by atoms with Gasteiger partial charge < -0.3 is 0 Å². The summed E-state index contributed by atoms with van der Waals surface area (Å²) in [6.07, 6.45) is 1.79. The van der Waals surface area contributed by atoms with E-state index in [-0.39, 0.29) is 11.7 Å². The molecule has 2 heterocycles. The lowest BCUT2D eigenvalue weighted by molar-refractivity contribution is -0.113. The van der Waals surface area contributed by atoms with Crippen LogP contribution >= 0.6 is 23.1 Å². The molecule has 3 aromatic rings.